The monoisotopic (exact) mass is 339 g/mol. The summed E-state index contributed by atoms with van der Waals surface area (Å²) >= 11 is 0. The first-order chi connectivity index (χ1) is 12.1. The molecule has 8 nitrogen and oxygen atoms in total. The van der Waals surface area contributed by atoms with Gasteiger partial charge in [0.15, 0.2) is 5.82 Å². The van der Waals surface area contributed by atoms with E-state index in [-0.39, 0.29) is 18.0 Å². The number of hydrogen-bond donors (Lipinski definition) is 0. The second-order valence-electron chi connectivity index (χ2n) is 6.07. The van der Waals surface area contributed by atoms with Crippen molar-refractivity contribution in [1.29, 1.82) is 0 Å². The Bertz CT molecular complexity index is 911. The Labute approximate surface area is 143 Å². The van der Waals surface area contributed by atoms with Gasteiger partial charge in [0.05, 0.1) is 19.2 Å². The Morgan fingerprint density at radius 2 is 2.04 bits per heavy atom. The van der Waals surface area contributed by atoms with Crippen LogP contribution < -0.4 is 4.90 Å². The highest BCUT2D eigenvalue weighted by Gasteiger charge is 2.29. The summed E-state index contributed by atoms with van der Waals surface area (Å²) in [6.45, 7) is 3.24. The van der Waals surface area contributed by atoms with Crippen LogP contribution in [-0.4, -0.2) is 38.7 Å². The lowest BCUT2D eigenvalue weighted by Crippen LogP contribution is -2.45. The van der Waals surface area contributed by atoms with Crippen LogP contribution in [0.2, 0.25) is 0 Å². The van der Waals surface area contributed by atoms with Crippen LogP contribution in [0.25, 0.3) is 5.65 Å². The van der Waals surface area contributed by atoms with Gasteiger partial charge in [-0.05, 0) is 23.5 Å². The fourth-order valence-electron chi connectivity index (χ4n) is 3.07. The van der Waals surface area contributed by atoms with Gasteiger partial charge in [-0.3, -0.25) is 0 Å². The van der Waals surface area contributed by atoms with Crippen LogP contribution >= 0.6 is 0 Å². The van der Waals surface area contributed by atoms with E-state index in [4.69, 9.17) is 4.74 Å². The van der Waals surface area contributed by atoms with E-state index in [1.54, 1.807) is 6.07 Å². The number of benzene rings is 1. The molecule has 3 aromatic rings. The summed E-state index contributed by atoms with van der Waals surface area (Å²) in [6.07, 6.45) is 1.16. The SMILES string of the molecule is C[C@H]1CO[C@H](c2ccccc2)CN1c1ccc2ncc([N+](=O)[O-])n2n1. The van der Waals surface area contributed by atoms with Crippen molar-refractivity contribution in [2.75, 3.05) is 18.1 Å². The maximum atomic E-state index is 11.1. The molecule has 0 bridgehead atoms. The van der Waals surface area contributed by atoms with Crippen LogP contribution in [0.5, 0.6) is 0 Å². The lowest BCUT2D eigenvalue weighted by molar-refractivity contribution is -0.391. The smallest absolute Gasteiger partial charge is 0.368 e. The van der Waals surface area contributed by atoms with E-state index in [0.29, 0.717) is 24.6 Å². The number of rotatable bonds is 3. The summed E-state index contributed by atoms with van der Waals surface area (Å²) in [6, 6.07) is 13.7. The fraction of sp³-hybridized carbons (Fsp3) is 0.294. The Kier molecular flexibility index (Phi) is 3.81. The third kappa shape index (κ3) is 2.80. The Morgan fingerprint density at radius 3 is 2.80 bits per heavy atom. The minimum atomic E-state index is -0.480. The summed E-state index contributed by atoms with van der Waals surface area (Å²) < 4.78 is 7.24. The lowest BCUT2D eigenvalue weighted by Gasteiger charge is -2.38. The van der Waals surface area contributed by atoms with Crippen molar-refractivity contribution >= 4 is 17.3 Å². The van der Waals surface area contributed by atoms with E-state index in [9.17, 15) is 10.1 Å². The topological polar surface area (TPSA) is 85.8 Å². The number of aromatic nitrogens is 3. The van der Waals surface area contributed by atoms with Crippen molar-refractivity contribution in [3.63, 3.8) is 0 Å². The fourth-order valence-corrected chi connectivity index (χ4v) is 3.07. The molecule has 0 aliphatic carbocycles. The zero-order valence-electron chi connectivity index (χ0n) is 13.6. The molecule has 25 heavy (non-hydrogen) atoms. The lowest BCUT2D eigenvalue weighted by atomic mass is 10.1. The molecule has 4 rings (SSSR count). The Hall–Kier alpha value is -3.00. The number of ether oxygens (including phenoxy) is 1. The molecular weight excluding hydrogens is 322 g/mol. The zero-order valence-corrected chi connectivity index (χ0v) is 13.6. The molecule has 1 aliphatic heterocycles. The van der Waals surface area contributed by atoms with Gasteiger partial charge in [0.1, 0.15) is 12.3 Å². The molecule has 0 unspecified atom stereocenters. The first-order valence-corrected chi connectivity index (χ1v) is 8.06. The summed E-state index contributed by atoms with van der Waals surface area (Å²) in [4.78, 5) is 16.8. The molecule has 1 aromatic carbocycles. The van der Waals surface area contributed by atoms with Gasteiger partial charge in [-0.25, -0.2) is 4.98 Å². The molecule has 128 valence electrons. The molecule has 0 radical (unpaired) electrons. The van der Waals surface area contributed by atoms with Gasteiger partial charge >= 0.3 is 5.82 Å². The van der Waals surface area contributed by atoms with Crippen molar-refractivity contribution in [2.45, 2.75) is 19.1 Å². The number of nitro groups is 1. The molecular formula is C17H17N5O3. The van der Waals surface area contributed by atoms with Crippen LogP contribution in [0.3, 0.4) is 0 Å². The number of hydrogen-bond acceptors (Lipinski definition) is 6. The minimum Gasteiger partial charge on any atom is -0.370 e. The first-order valence-electron chi connectivity index (χ1n) is 8.06. The van der Waals surface area contributed by atoms with Crippen LogP contribution in [0.1, 0.15) is 18.6 Å². The van der Waals surface area contributed by atoms with Crippen LogP contribution in [0.4, 0.5) is 11.6 Å². The van der Waals surface area contributed by atoms with Gasteiger partial charge in [-0.15, -0.1) is 0 Å². The number of nitrogens with zero attached hydrogens (tertiary/aromatic N) is 5. The molecule has 2 atom stereocenters. The highest BCUT2D eigenvalue weighted by Crippen LogP contribution is 2.28. The highest BCUT2D eigenvalue weighted by atomic mass is 16.6. The minimum absolute atomic E-state index is 0.0623. The van der Waals surface area contributed by atoms with Gasteiger partial charge in [0.25, 0.3) is 0 Å². The molecule has 0 N–H and O–H groups in total. The number of anilines is 1. The third-order valence-electron chi connectivity index (χ3n) is 4.42. The first kappa shape index (κ1) is 15.5. The van der Waals surface area contributed by atoms with Gasteiger partial charge in [0, 0.05) is 6.07 Å². The maximum absolute atomic E-state index is 11.1. The summed E-state index contributed by atoms with van der Waals surface area (Å²) in [5.74, 6) is 0.530. The predicted molar refractivity (Wildman–Crippen MR) is 91.6 cm³/mol. The molecule has 0 saturated carbocycles. The third-order valence-corrected chi connectivity index (χ3v) is 4.42. The molecule has 3 heterocycles. The van der Waals surface area contributed by atoms with E-state index in [1.807, 2.05) is 36.4 Å². The second kappa shape index (κ2) is 6.14. The van der Waals surface area contributed by atoms with Gasteiger partial charge in [-0.1, -0.05) is 39.9 Å². The zero-order chi connectivity index (χ0) is 17.4. The van der Waals surface area contributed by atoms with Gasteiger partial charge < -0.3 is 19.8 Å². The van der Waals surface area contributed by atoms with Crippen molar-refractivity contribution in [2.24, 2.45) is 0 Å². The van der Waals surface area contributed by atoms with Gasteiger partial charge in [0.2, 0.25) is 5.65 Å². The summed E-state index contributed by atoms with van der Waals surface area (Å²) in [7, 11) is 0. The maximum Gasteiger partial charge on any atom is 0.368 e. The molecule has 2 aromatic heterocycles. The molecule has 1 saturated heterocycles. The Balaban J connectivity index is 1.68. The highest BCUT2D eigenvalue weighted by molar-refractivity contribution is 5.50. The van der Waals surface area contributed by atoms with Crippen molar-refractivity contribution in [3.05, 3.63) is 64.3 Å². The van der Waals surface area contributed by atoms with E-state index in [2.05, 4.69) is 21.9 Å². The van der Waals surface area contributed by atoms with Crippen LogP contribution in [0, 0.1) is 10.1 Å². The molecule has 0 spiro atoms. The molecule has 0 amide bonds. The van der Waals surface area contributed by atoms with Crippen molar-refractivity contribution in [3.8, 4) is 0 Å². The van der Waals surface area contributed by atoms with Crippen molar-refractivity contribution in [1.82, 2.24) is 14.6 Å². The van der Waals surface area contributed by atoms with Gasteiger partial charge in [-0.2, -0.15) is 0 Å². The standard InChI is InChI=1S/C17H17N5O3/c1-12-11-25-14(13-5-3-2-4-6-13)10-20(12)16-8-7-15-18-9-17(22(23)24)21(15)19-16/h2-9,12,14H,10-11H2,1H3/t12-,14-/m0/s1. The van der Waals surface area contributed by atoms with Crippen molar-refractivity contribution < 1.29 is 9.66 Å². The normalized spacial score (nSPS) is 20.8. The molecule has 8 heteroatoms. The predicted octanol–water partition coefficient (Wildman–Crippen LogP) is 2.60. The Morgan fingerprint density at radius 1 is 1.24 bits per heavy atom. The summed E-state index contributed by atoms with van der Waals surface area (Å²) in [5, 5.41) is 15.6. The van der Waals surface area contributed by atoms with E-state index in [1.165, 1.54) is 10.7 Å². The van der Waals surface area contributed by atoms with E-state index in [0.717, 1.165) is 5.56 Å². The van der Waals surface area contributed by atoms with E-state index >= 15 is 0 Å². The summed E-state index contributed by atoms with van der Waals surface area (Å²) in [5.41, 5.74) is 1.56. The van der Waals surface area contributed by atoms with Crippen LogP contribution in [0.15, 0.2) is 48.7 Å². The quantitative estimate of drug-likeness (QED) is 0.538. The number of fused-ring (bicyclic) bond motifs is 1. The molecule has 1 fully saturated rings. The van der Waals surface area contributed by atoms with Crippen LogP contribution in [-0.2, 0) is 4.74 Å². The second-order valence-corrected chi connectivity index (χ2v) is 6.07. The molecule has 1 aliphatic rings. The number of morpholine rings is 1. The number of imidazole rings is 1. The largest absolute Gasteiger partial charge is 0.370 e. The average molecular weight is 339 g/mol. The van der Waals surface area contributed by atoms with E-state index < -0.39 is 4.92 Å². The average Bonchev–Trinajstić information content (AvgIpc) is 3.06.